The fraction of sp³-hybridized carbons (Fsp3) is 0.208. The van der Waals surface area contributed by atoms with Crippen LogP contribution >= 0.6 is 0 Å². The number of hydrogen-bond acceptors (Lipinski definition) is 2. The van der Waals surface area contributed by atoms with E-state index in [1.54, 1.807) is 13.2 Å². The summed E-state index contributed by atoms with van der Waals surface area (Å²) in [6, 6.07) is 18.5. The second-order valence-electron chi connectivity index (χ2n) is 7.36. The highest BCUT2D eigenvalue weighted by Gasteiger charge is 2.17. The van der Waals surface area contributed by atoms with Crippen molar-refractivity contribution in [3.8, 4) is 0 Å². The number of carbonyl (C=O) groups is 1. The van der Waals surface area contributed by atoms with Crippen molar-refractivity contribution in [1.29, 1.82) is 0 Å². The zero-order valence-electron chi connectivity index (χ0n) is 16.5. The third-order valence-electron chi connectivity index (χ3n) is 5.36. The maximum atomic E-state index is 12.1. The van der Waals surface area contributed by atoms with E-state index in [1.807, 2.05) is 12.1 Å². The maximum Gasteiger partial charge on any atom is 0.249 e. The molecule has 0 aliphatic rings. The molecule has 3 aromatic carbocycles. The minimum absolute atomic E-state index is 0.405. The second kappa shape index (κ2) is 7.13. The Hall–Kier alpha value is -3.11. The summed E-state index contributed by atoms with van der Waals surface area (Å²) in [5.74, 6) is -0.405. The highest BCUT2D eigenvalue weighted by molar-refractivity contribution is 6.18. The molecular weight excluding hydrogens is 348 g/mol. The van der Waals surface area contributed by atoms with Gasteiger partial charge in [-0.15, -0.1) is 0 Å². The molecule has 1 aromatic heterocycles. The summed E-state index contributed by atoms with van der Waals surface area (Å²) in [4.78, 5) is 12.1. The van der Waals surface area contributed by atoms with Gasteiger partial charge in [-0.2, -0.15) is 0 Å². The summed E-state index contributed by atoms with van der Waals surface area (Å²) in [5.41, 5.74) is 13.2. The minimum atomic E-state index is -0.405. The minimum Gasteiger partial charge on any atom is -0.380 e. The number of fused-ring (bicyclic) bond motifs is 3. The van der Waals surface area contributed by atoms with Gasteiger partial charge >= 0.3 is 0 Å². The molecule has 4 nitrogen and oxygen atoms in total. The van der Waals surface area contributed by atoms with Crippen LogP contribution in [-0.4, -0.2) is 17.6 Å². The quantitative estimate of drug-likeness (QED) is 0.552. The van der Waals surface area contributed by atoms with Crippen LogP contribution in [0, 0.1) is 13.8 Å². The molecule has 0 fully saturated rings. The van der Waals surface area contributed by atoms with E-state index in [0.29, 0.717) is 12.2 Å². The average molecular weight is 372 g/mol. The summed E-state index contributed by atoms with van der Waals surface area (Å²) in [6.07, 6.45) is 0. The van der Waals surface area contributed by atoms with Gasteiger partial charge in [0.25, 0.3) is 0 Å². The summed E-state index contributed by atoms with van der Waals surface area (Å²) in [5, 5.41) is 1.95. The Morgan fingerprint density at radius 3 is 2.57 bits per heavy atom. The van der Waals surface area contributed by atoms with E-state index in [0.717, 1.165) is 33.9 Å². The first-order valence-electron chi connectivity index (χ1n) is 9.38. The van der Waals surface area contributed by atoms with Gasteiger partial charge in [0.05, 0.1) is 12.1 Å². The molecule has 2 N–H and O–H groups in total. The van der Waals surface area contributed by atoms with Gasteiger partial charge in [0.2, 0.25) is 5.91 Å². The van der Waals surface area contributed by atoms with E-state index < -0.39 is 5.91 Å². The van der Waals surface area contributed by atoms with Crippen LogP contribution < -0.4 is 5.73 Å². The van der Waals surface area contributed by atoms with Crippen molar-refractivity contribution in [1.82, 2.24) is 4.57 Å². The highest BCUT2D eigenvalue weighted by atomic mass is 16.5. The van der Waals surface area contributed by atoms with Gasteiger partial charge in [-0.1, -0.05) is 42.0 Å². The molecule has 4 rings (SSSR count). The molecule has 0 radical (unpaired) electrons. The molecule has 0 atom stereocenters. The second-order valence-corrected chi connectivity index (χ2v) is 7.36. The number of methoxy groups -OCH3 is 1. The number of ether oxygens (including phenoxy) is 1. The Morgan fingerprint density at radius 2 is 1.86 bits per heavy atom. The fourth-order valence-electron chi connectivity index (χ4n) is 4.02. The van der Waals surface area contributed by atoms with Crippen molar-refractivity contribution in [2.75, 3.05) is 7.11 Å². The van der Waals surface area contributed by atoms with Crippen LogP contribution in [0.4, 0.5) is 0 Å². The lowest BCUT2D eigenvalue weighted by atomic mass is 10.0. The standard InChI is InChI=1S/C24H24N2O2/c1-15-7-9-18(16(2)11-15)13-26-21-6-4-5-20(24(25)27)23(21)19-10-8-17(14-28-3)12-22(19)26/h4-12H,13-14H2,1-3H3,(H2,25,27). The number of nitrogens with two attached hydrogens (primary N) is 1. The SMILES string of the molecule is COCc1ccc2c3c(C(N)=O)cccc3n(Cc3ccc(C)cc3C)c2c1. The first-order chi connectivity index (χ1) is 13.5. The molecule has 1 heterocycles. The first-order valence-corrected chi connectivity index (χ1v) is 9.38. The predicted octanol–water partition coefficient (Wildman–Crippen LogP) is 4.70. The van der Waals surface area contributed by atoms with Crippen LogP contribution in [0.2, 0.25) is 0 Å². The number of carbonyl (C=O) groups excluding carboxylic acids is 1. The first kappa shape index (κ1) is 18.3. The average Bonchev–Trinajstić information content (AvgIpc) is 2.97. The lowest BCUT2D eigenvalue weighted by Crippen LogP contribution is -2.11. The number of rotatable bonds is 5. The number of primary amides is 1. The number of nitrogens with zero attached hydrogens (tertiary/aromatic N) is 1. The molecule has 0 saturated heterocycles. The Labute approximate surface area is 164 Å². The van der Waals surface area contributed by atoms with Gasteiger partial charge in [0.15, 0.2) is 0 Å². The molecular formula is C24H24N2O2. The zero-order chi connectivity index (χ0) is 19.8. The molecule has 28 heavy (non-hydrogen) atoms. The van der Waals surface area contributed by atoms with E-state index in [9.17, 15) is 4.79 Å². The third kappa shape index (κ3) is 3.06. The topological polar surface area (TPSA) is 57.2 Å². The van der Waals surface area contributed by atoms with Gasteiger partial charge < -0.3 is 15.0 Å². The molecule has 0 aliphatic carbocycles. The molecule has 142 valence electrons. The molecule has 0 unspecified atom stereocenters. The largest absolute Gasteiger partial charge is 0.380 e. The van der Waals surface area contributed by atoms with Gasteiger partial charge in [0, 0.05) is 35.5 Å². The van der Waals surface area contributed by atoms with Crippen LogP contribution in [0.1, 0.15) is 32.6 Å². The van der Waals surface area contributed by atoms with Crippen LogP contribution in [0.15, 0.2) is 54.6 Å². The lowest BCUT2D eigenvalue weighted by molar-refractivity contribution is 0.100. The third-order valence-corrected chi connectivity index (χ3v) is 5.36. The number of hydrogen-bond donors (Lipinski definition) is 1. The Kier molecular flexibility index (Phi) is 4.65. The van der Waals surface area contributed by atoms with E-state index in [-0.39, 0.29) is 0 Å². The van der Waals surface area contributed by atoms with Crippen molar-refractivity contribution in [3.63, 3.8) is 0 Å². The monoisotopic (exact) mass is 372 g/mol. The molecule has 0 spiro atoms. The maximum absolute atomic E-state index is 12.1. The van der Waals surface area contributed by atoms with Crippen molar-refractivity contribution < 1.29 is 9.53 Å². The van der Waals surface area contributed by atoms with Crippen LogP contribution in [0.5, 0.6) is 0 Å². The fourth-order valence-corrected chi connectivity index (χ4v) is 4.02. The molecule has 0 bridgehead atoms. The van der Waals surface area contributed by atoms with E-state index in [2.05, 4.69) is 54.8 Å². The van der Waals surface area contributed by atoms with Crippen molar-refractivity contribution in [3.05, 3.63) is 82.4 Å². The van der Waals surface area contributed by atoms with Crippen LogP contribution in [0.3, 0.4) is 0 Å². The Bertz CT molecular complexity index is 1200. The van der Waals surface area contributed by atoms with E-state index in [1.165, 1.54) is 16.7 Å². The number of amides is 1. The Balaban J connectivity index is 2.02. The van der Waals surface area contributed by atoms with E-state index >= 15 is 0 Å². The van der Waals surface area contributed by atoms with Gasteiger partial charge in [-0.25, -0.2) is 0 Å². The summed E-state index contributed by atoms with van der Waals surface area (Å²) in [7, 11) is 1.70. The smallest absolute Gasteiger partial charge is 0.249 e. The summed E-state index contributed by atoms with van der Waals surface area (Å²) >= 11 is 0. The van der Waals surface area contributed by atoms with Crippen LogP contribution in [-0.2, 0) is 17.9 Å². The summed E-state index contributed by atoms with van der Waals surface area (Å²) < 4.78 is 7.59. The normalized spacial score (nSPS) is 11.4. The van der Waals surface area contributed by atoms with Crippen molar-refractivity contribution in [2.24, 2.45) is 5.73 Å². The molecule has 0 saturated carbocycles. The van der Waals surface area contributed by atoms with Crippen molar-refractivity contribution in [2.45, 2.75) is 27.0 Å². The van der Waals surface area contributed by atoms with Gasteiger partial charge in [0.1, 0.15) is 0 Å². The van der Waals surface area contributed by atoms with Gasteiger partial charge in [-0.3, -0.25) is 4.79 Å². The number of benzene rings is 3. The van der Waals surface area contributed by atoms with Crippen molar-refractivity contribution >= 4 is 27.7 Å². The molecule has 0 aliphatic heterocycles. The number of aromatic nitrogens is 1. The molecule has 4 aromatic rings. The highest BCUT2D eigenvalue weighted by Crippen LogP contribution is 2.33. The molecule has 1 amide bonds. The molecule has 4 heteroatoms. The lowest BCUT2D eigenvalue weighted by Gasteiger charge is -2.12. The predicted molar refractivity (Wildman–Crippen MR) is 114 cm³/mol. The zero-order valence-corrected chi connectivity index (χ0v) is 16.5. The Morgan fingerprint density at radius 1 is 1.04 bits per heavy atom. The summed E-state index contributed by atoms with van der Waals surface area (Å²) in [6.45, 7) is 5.52. The number of aryl methyl sites for hydroxylation is 2. The van der Waals surface area contributed by atoms with Gasteiger partial charge in [-0.05, 0) is 48.7 Å². The van der Waals surface area contributed by atoms with Crippen LogP contribution in [0.25, 0.3) is 21.8 Å². The van der Waals surface area contributed by atoms with E-state index in [4.69, 9.17) is 10.5 Å².